The number of rotatable bonds is 7. The molecule has 5 rings (SSSR count). The number of fused-ring (bicyclic) bond motifs is 1. The van der Waals surface area contributed by atoms with Gasteiger partial charge in [-0.1, -0.05) is 12.1 Å². The molecule has 2 heterocycles. The first-order chi connectivity index (χ1) is 16.9. The summed E-state index contributed by atoms with van der Waals surface area (Å²) in [6.07, 6.45) is 5.91. The van der Waals surface area contributed by atoms with E-state index in [0.29, 0.717) is 28.9 Å². The number of nitriles is 1. The molecule has 1 aliphatic carbocycles. The molecule has 35 heavy (non-hydrogen) atoms. The van der Waals surface area contributed by atoms with E-state index in [2.05, 4.69) is 26.3 Å². The van der Waals surface area contributed by atoms with Crippen molar-refractivity contribution < 1.29 is 9.53 Å². The number of carbonyl (C=O) groups excluding carboxylic acids is 1. The maximum absolute atomic E-state index is 12.1. The second-order valence-electron chi connectivity index (χ2n) is 9.32. The van der Waals surface area contributed by atoms with Crippen molar-refractivity contribution in [3.05, 3.63) is 60.4 Å². The van der Waals surface area contributed by atoms with Gasteiger partial charge in [0.2, 0.25) is 0 Å². The molecule has 1 saturated carbocycles. The lowest BCUT2D eigenvalue weighted by atomic mass is 10.1. The van der Waals surface area contributed by atoms with E-state index in [1.165, 1.54) is 12.8 Å². The number of hydrogen-bond donors (Lipinski definition) is 2. The molecule has 8 heteroatoms. The minimum atomic E-state index is -0.242. The summed E-state index contributed by atoms with van der Waals surface area (Å²) in [5.74, 6) is 1.28. The molecule has 1 fully saturated rings. The third-order valence-electron chi connectivity index (χ3n) is 6.11. The third-order valence-corrected chi connectivity index (χ3v) is 6.11. The molecule has 4 aromatic rings. The van der Waals surface area contributed by atoms with E-state index in [1.807, 2.05) is 74.1 Å². The van der Waals surface area contributed by atoms with Crippen molar-refractivity contribution in [1.29, 1.82) is 5.26 Å². The summed E-state index contributed by atoms with van der Waals surface area (Å²) in [4.78, 5) is 16.3. The molecule has 2 N–H and O–H groups in total. The maximum Gasteiger partial charge on any atom is 0.319 e. The van der Waals surface area contributed by atoms with Gasteiger partial charge in [-0.3, -0.25) is 0 Å². The van der Waals surface area contributed by atoms with E-state index in [-0.39, 0.29) is 12.1 Å². The number of aryl methyl sites for hydroxylation is 1. The van der Waals surface area contributed by atoms with E-state index in [1.54, 1.807) is 6.20 Å². The minimum Gasteiger partial charge on any atom is -0.425 e. The highest BCUT2D eigenvalue weighted by Gasteiger charge is 2.27. The SMILES string of the molecule is CC(C)NC(=O)Nc1ccc(-c2c(C#N)c3ccc(Oc4nccn4C)cc3n2CC2CC2)cc1. The summed E-state index contributed by atoms with van der Waals surface area (Å²) in [6, 6.07) is 16.2. The average Bonchev–Trinajstić information content (AvgIpc) is 3.48. The van der Waals surface area contributed by atoms with E-state index in [0.717, 1.165) is 28.7 Å². The Bertz CT molecular complexity index is 1420. The summed E-state index contributed by atoms with van der Waals surface area (Å²) in [5.41, 5.74) is 4.12. The van der Waals surface area contributed by atoms with Crippen molar-refractivity contribution in [2.75, 3.05) is 5.32 Å². The highest BCUT2D eigenvalue weighted by molar-refractivity contribution is 5.96. The fourth-order valence-electron chi connectivity index (χ4n) is 4.25. The predicted molar refractivity (Wildman–Crippen MR) is 135 cm³/mol. The number of aromatic nitrogens is 3. The second kappa shape index (κ2) is 9.18. The lowest BCUT2D eigenvalue weighted by molar-refractivity contribution is 0.250. The molecule has 0 saturated heterocycles. The molecule has 1 aliphatic rings. The molecule has 2 amide bonds. The Morgan fingerprint density at radius 2 is 2.00 bits per heavy atom. The topological polar surface area (TPSA) is 96.9 Å². The Hall–Kier alpha value is -4.25. The van der Waals surface area contributed by atoms with Gasteiger partial charge in [-0.25, -0.2) is 9.78 Å². The maximum atomic E-state index is 12.1. The monoisotopic (exact) mass is 468 g/mol. The Balaban J connectivity index is 1.54. The van der Waals surface area contributed by atoms with Crippen molar-refractivity contribution in [3.8, 4) is 29.1 Å². The lowest BCUT2D eigenvalue weighted by Crippen LogP contribution is -2.34. The first-order valence-electron chi connectivity index (χ1n) is 11.8. The van der Waals surface area contributed by atoms with Crippen LogP contribution in [-0.2, 0) is 13.6 Å². The van der Waals surface area contributed by atoms with Gasteiger partial charge in [-0.2, -0.15) is 5.26 Å². The molecule has 8 nitrogen and oxygen atoms in total. The molecular weight excluding hydrogens is 440 g/mol. The number of hydrogen-bond acceptors (Lipinski definition) is 4. The molecule has 2 aromatic heterocycles. The highest BCUT2D eigenvalue weighted by atomic mass is 16.5. The highest BCUT2D eigenvalue weighted by Crippen LogP contribution is 2.40. The van der Waals surface area contributed by atoms with Crippen molar-refractivity contribution in [1.82, 2.24) is 19.4 Å². The van der Waals surface area contributed by atoms with Gasteiger partial charge >= 0.3 is 12.0 Å². The van der Waals surface area contributed by atoms with Gasteiger partial charge in [0.25, 0.3) is 0 Å². The van der Waals surface area contributed by atoms with Crippen LogP contribution in [0.15, 0.2) is 54.9 Å². The number of nitrogens with zero attached hydrogens (tertiary/aromatic N) is 4. The summed E-state index contributed by atoms with van der Waals surface area (Å²) in [7, 11) is 1.88. The number of nitrogens with one attached hydrogen (secondary N) is 2. The van der Waals surface area contributed by atoms with Gasteiger partial charge in [-0.15, -0.1) is 0 Å². The van der Waals surface area contributed by atoms with Crippen LogP contribution in [0.25, 0.3) is 22.2 Å². The zero-order chi connectivity index (χ0) is 24.5. The number of anilines is 1. The molecule has 0 unspecified atom stereocenters. The van der Waals surface area contributed by atoms with Gasteiger partial charge < -0.3 is 24.5 Å². The summed E-state index contributed by atoms with van der Waals surface area (Å²) in [6.45, 7) is 4.67. The van der Waals surface area contributed by atoms with Crippen LogP contribution < -0.4 is 15.4 Å². The Kier molecular flexibility index (Phi) is 5.91. The van der Waals surface area contributed by atoms with Crippen LogP contribution in [0.3, 0.4) is 0 Å². The van der Waals surface area contributed by atoms with Crippen molar-refractivity contribution in [2.24, 2.45) is 13.0 Å². The minimum absolute atomic E-state index is 0.0527. The van der Waals surface area contributed by atoms with Gasteiger partial charge in [0.15, 0.2) is 0 Å². The lowest BCUT2D eigenvalue weighted by Gasteiger charge is -2.13. The molecular formula is C27H28N6O2. The molecule has 0 spiro atoms. The average molecular weight is 469 g/mol. The fourth-order valence-corrected chi connectivity index (χ4v) is 4.25. The van der Waals surface area contributed by atoms with Crippen LogP contribution in [0.2, 0.25) is 0 Å². The van der Waals surface area contributed by atoms with Crippen LogP contribution in [0.4, 0.5) is 10.5 Å². The standard InChI is InChI=1S/C27H28N6O2/c1-17(2)30-26(34)31-20-8-6-19(7-9-20)25-23(15-28)22-11-10-21(35-27-29-12-13-32(27)3)14-24(22)33(25)16-18-4-5-18/h6-14,17-18H,4-5,16H2,1-3H3,(H2,30,31,34). The number of amides is 2. The smallest absolute Gasteiger partial charge is 0.319 e. The van der Waals surface area contributed by atoms with E-state index in [9.17, 15) is 10.1 Å². The van der Waals surface area contributed by atoms with E-state index in [4.69, 9.17) is 4.74 Å². The fraction of sp³-hybridized carbons (Fsp3) is 0.296. The van der Waals surface area contributed by atoms with E-state index < -0.39 is 0 Å². The molecule has 2 aromatic carbocycles. The quantitative estimate of drug-likeness (QED) is 0.366. The molecule has 0 aliphatic heterocycles. The number of urea groups is 1. The number of carbonyl (C=O) groups is 1. The van der Waals surface area contributed by atoms with Crippen LogP contribution in [0, 0.1) is 17.2 Å². The van der Waals surface area contributed by atoms with Gasteiger partial charge in [0, 0.05) is 49.2 Å². The third kappa shape index (κ3) is 4.71. The zero-order valence-electron chi connectivity index (χ0n) is 20.1. The van der Waals surface area contributed by atoms with E-state index >= 15 is 0 Å². The van der Waals surface area contributed by atoms with Crippen LogP contribution >= 0.6 is 0 Å². The van der Waals surface area contributed by atoms with Crippen LogP contribution in [-0.4, -0.2) is 26.2 Å². The molecule has 0 bridgehead atoms. The Labute approximate surface area is 204 Å². The van der Waals surface area contributed by atoms with Gasteiger partial charge in [-0.05, 0) is 62.4 Å². The van der Waals surface area contributed by atoms with Crippen molar-refractivity contribution in [2.45, 2.75) is 39.3 Å². The Morgan fingerprint density at radius 1 is 1.23 bits per heavy atom. The molecule has 178 valence electrons. The number of imidazole rings is 1. The van der Waals surface area contributed by atoms with Crippen LogP contribution in [0.5, 0.6) is 11.8 Å². The predicted octanol–water partition coefficient (Wildman–Crippen LogP) is 5.65. The van der Waals surface area contributed by atoms with Crippen molar-refractivity contribution >= 4 is 22.6 Å². The zero-order valence-corrected chi connectivity index (χ0v) is 20.1. The molecule has 0 atom stereocenters. The molecule has 0 radical (unpaired) electrons. The number of benzene rings is 2. The van der Waals surface area contributed by atoms with Crippen LogP contribution in [0.1, 0.15) is 32.3 Å². The summed E-state index contributed by atoms with van der Waals surface area (Å²) in [5, 5.41) is 16.7. The largest absolute Gasteiger partial charge is 0.425 e. The second-order valence-corrected chi connectivity index (χ2v) is 9.32. The van der Waals surface area contributed by atoms with Crippen molar-refractivity contribution in [3.63, 3.8) is 0 Å². The Morgan fingerprint density at radius 3 is 2.63 bits per heavy atom. The first-order valence-corrected chi connectivity index (χ1v) is 11.8. The van der Waals surface area contributed by atoms with Gasteiger partial charge in [0.05, 0.1) is 16.8 Å². The number of ether oxygens (including phenoxy) is 1. The normalized spacial score (nSPS) is 13.1. The summed E-state index contributed by atoms with van der Waals surface area (Å²) >= 11 is 0. The first kappa shape index (κ1) is 22.5. The summed E-state index contributed by atoms with van der Waals surface area (Å²) < 4.78 is 10.1. The van der Waals surface area contributed by atoms with Gasteiger partial charge in [0.1, 0.15) is 11.8 Å².